The minimum atomic E-state index is -0.451. The predicted molar refractivity (Wildman–Crippen MR) is 89.1 cm³/mol. The lowest BCUT2D eigenvalue weighted by atomic mass is 10.1. The number of nitrogens with zero attached hydrogens (tertiary/aromatic N) is 1. The molecule has 0 spiro atoms. The molecule has 22 heavy (non-hydrogen) atoms. The quantitative estimate of drug-likeness (QED) is 0.855. The Hall–Kier alpha value is -1.92. The summed E-state index contributed by atoms with van der Waals surface area (Å²) in [5.74, 6) is 0.900. The van der Waals surface area contributed by atoms with Crippen molar-refractivity contribution >= 4 is 21.8 Å². The molecule has 2 aromatic rings. The van der Waals surface area contributed by atoms with Crippen molar-refractivity contribution in [2.45, 2.75) is 19.4 Å². The van der Waals surface area contributed by atoms with Crippen LogP contribution in [0.25, 0.3) is 0 Å². The molecule has 0 unspecified atom stereocenters. The lowest BCUT2D eigenvalue weighted by Gasteiger charge is -2.18. The Morgan fingerprint density at radius 2 is 1.95 bits per heavy atom. The van der Waals surface area contributed by atoms with Crippen LogP contribution in [0, 0.1) is 0 Å². The Morgan fingerprint density at radius 3 is 2.50 bits per heavy atom. The summed E-state index contributed by atoms with van der Waals surface area (Å²) in [6.07, 6.45) is 1.48. The SMILES string of the molecule is CC(C)(N)CNC(=O)c1ccc(Oc2ccc(Br)cc2)nc1. The zero-order valence-electron chi connectivity index (χ0n) is 12.5. The zero-order chi connectivity index (χ0) is 16.2. The van der Waals surface area contributed by atoms with Gasteiger partial charge in [0.05, 0.1) is 5.56 Å². The number of carbonyl (C=O) groups excluding carboxylic acids is 1. The summed E-state index contributed by atoms with van der Waals surface area (Å²) >= 11 is 3.36. The lowest BCUT2D eigenvalue weighted by Crippen LogP contribution is -2.45. The average molecular weight is 364 g/mol. The van der Waals surface area contributed by atoms with Crippen LogP contribution in [-0.2, 0) is 0 Å². The van der Waals surface area contributed by atoms with Gasteiger partial charge in [-0.2, -0.15) is 0 Å². The molecular weight excluding hydrogens is 346 g/mol. The molecule has 0 saturated carbocycles. The summed E-state index contributed by atoms with van der Waals surface area (Å²) in [6.45, 7) is 4.09. The van der Waals surface area contributed by atoms with Gasteiger partial charge in [-0.05, 0) is 44.2 Å². The fourth-order valence-electron chi connectivity index (χ4n) is 1.61. The maximum Gasteiger partial charge on any atom is 0.252 e. The van der Waals surface area contributed by atoms with E-state index in [-0.39, 0.29) is 5.91 Å². The van der Waals surface area contributed by atoms with Gasteiger partial charge in [0, 0.05) is 28.8 Å². The number of nitrogens with two attached hydrogens (primary N) is 1. The third-order valence-electron chi connectivity index (χ3n) is 2.74. The minimum Gasteiger partial charge on any atom is -0.439 e. The first-order valence-corrected chi connectivity index (χ1v) is 7.59. The number of pyridine rings is 1. The van der Waals surface area contributed by atoms with Crippen molar-refractivity contribution in [3.63, 3.8) is 0 Å². The van der Waals surface area contributed by atoms with Crippen LogP contribution in [0.1, 0.15) is 24.2 Å². The summed E-state index contributed by atoms with van der Waals surface area (Å²) in [4.78, 5) is 16.1. The average Bonchev–Trinajstić information content (AvgIpc) is 2.47. The van der Waals surface area contributed by atoms with Crippen LogP contribution < -0.4 is 15.8 Å². The molecule has 3 N–H and O–H groups in total. The van der Waals surface area contributed by atoms with Crippen LogP contribution >= 0.6 is 15.9 Å². The first-order chi connectivity index (χ1) is 10.3. The lowest BCUT2D eigenvalue weighted by molar-refractivity contribution is 0.0945. The third-order valence-corrected chi connectivity index (χ3v) is 3.27. The van der Waals surface area contributed by atoms with E-state index in [4.69, 9.17) is 10.5 Å². The monoisotopic (exact) mass is 363 g/mol. The molecule has 0 atom stereocenters. The molecule has 5 nitrogen and oxygen atoms in total. The highest BCUT2D eigenvalue weighted by atomic mass is 79.9. The van der Waals surface area contributed by atoms with Gasteiger partial charge in [0.25, 0.3) is 5.91 Å². The highest BCUT2D eigenvalue weighted by molar-refractivity contribution is 9.10. The molecule has 0 bridgehead atoms. The maximum absolute atomic E-state index is 11.9. The second-order valence-corrected chi connectivity index (χ2v) is 6.53. The Bertz CT molecular complexity index is 634. The smallest absolute Gasteiger partial charge is 0.252 e. The molecule has 0 aliphatic carbocycles. The van der Waals surface area contributed by atoms with Crippen molar-refractivity contribution in [3.05, 3.63) is 52.6 Å². The number of aromatic nitrogens is 1. The van der Waals surface area contributed by atoms with E-state index in [1.165, 1.54) is 6.20 Å². The van der Waals surface area contributed by atoms with Crippen molar-refractivity contribution in [3.8, 4) is 11.6 Å². The number of benzene rings is 1. The fraction of sp³-hybridized carbons (Fsp3) is 0.250. The molecule has 1 heterocycles. The van der Waals surface area contributed by atoms with E-state index in [1.54, 1.807) is 12.1 Å². The standard InChI is InChI=1S/C16H18BrN3O2/c1-16(2,18)10-20-15(21)11-3-8-14(19-9-11)22-13-6-4-12(17)5-7-13/h3-9H,10,18H2,1-2H3,(H,20,21). The van der Waals surface area contributed by atoms with Crippen molar-refractivity contribution in [1.82, 2.24) is 10.3 Å². The van der Waals surface area contributed by atoms with Crippen LogP contribution in [0.15, 0.2) is 47.1 Å². The Balaban J connectivity index is 1.98. The molecule has 2 rings (SSSR count). The van der Waals surface area contributed by atoms with Crippen LogP contribution in [0.4, 0.5) is 0 Å². The van der Waals surface area contributed by atoms with E-state index < -0.39 is 5.54 Å². The molecule has 0 radical (unpaired) electrons. The van der Waals surface area contributed by atoms with Crippen LogP contribution in [-0.4, -0.2) is 23.0 Å². The predicted octanol–water partition coefficient (Wildman–Crippen LogP) is 3.10. The summed E-state index contributed by atoms with van der Waals surface area (Å²) in [5.41, 5.74) is 5.84. The highest BCUT2D eigenvalue weighted by Crippen LogP contribution is 2.21. The van der Waals surface area contributed by atoms with Crippen LogP contribution in [0.5, 0.6) is 11.6 Å². The van der Waals surface area contributed by atoms with E-state index in [0.717, 1.165) is 4.47 Å². The van der Waals surface area contributed by atoms with Gasteiger partial charge in [-0.3, -0.25) is 4.79 Å². The van der Waals surface area contributed by atoms with Gasteiger partial charge in [-0.15, -0.1) is 0 Å². The van der Waals surface area contributed by atoms with E-state index in [2.05, 4.69) is 26.2 Å². The molecular formula is C16H18BrN3O2. The van der Waals surface area contributed by atoms with Gasteiger partial charge in [-0.25, -0.2) is 4.98 Å². The van der Waals surface area contributed by atoms with Gasteiger partial charge in [0.1, 0.15) is 5.75 Å². The highest BCUT2D eigenvalue weighted by Gasteiger charge is 2.13. The summed E-state index contributed by atoms with van der Waals surface area (Å²) < 4.78 is 6.57. The van der Waals surface area contributed by atoms with E-state index in [0.29, 0.717) is 23.7 Å². The van der Waals surface area contributed by atoms with Crippen LogP contribution in [0.3, 0.4) is 0 Å². The van der Waals surface area contributed by atoms with Crippen molar-refractivity contribution in [2.75, 3.05) is 6.54 Å². The molecule has 0 fully saturated rings. The molecule has 116 valence electrons. The number of amides is 1. The second-order valence-electron chi connectivity index (χ2n) is 5.61. The molecule has 0 saturated heterocycles. The zero-order valence-corrected chi connectivity index (χ0v) is 14.1. The Labute approximate surface area is 138 Å². The minimum absolute atomic E-state index is 0.207. The molecule has 0 aliphatic rings. The molecule has 1 amide bonds. The second kappa shape index (κ2) is 6.89. The van der Waals surface area contributed by atoms with Crippen molar-refractivity contribution < 1.29 is 9.53 Å². The van der Waals surface area contributed by atoms with Gasteiger partial charge in [0.15, 0.2) is 0 Å². The summed E-state index contributed by atoms with van der Waals surface area (Å²) in [6, 6.07) is 10.7. The topological polar surface area (TPSA) is 77.2 Å². The van der Waals surface area contributed by atoms with E-state index in [9.17, 15) is 4.79 Å². The summed E-state index contributed by atoms with van der Waals surface area (Å²) in [5, 5.41) is 2.76. The number of rotatable bonds is 5. The van der Waals surface area contributed by atoms with E-state index >= 15 is 0 Å². The number of carbonyl (C=O) groups is 1. The van der Waals surface area contributed by atoms with Crippen molar-refractivity contribution in [2.24, 2.45) is 5.73 Å². The molecule has 1 aromatic heterocycles. The molecule has 1 aromatic carbocycles. The van der Waals surface area contributed by atoms with Crippen LogP contribution in [0.2, 0.25) is 0 Å². The number of ether oxygens (including phenoxy) is 1. The third kappa shape index (κ3) is 5.13. The largest absolute Gasteiger partial charge is 0.439 e. The van der Waals surface area contributed by atoms with Gasteiger partial charge < -0.3 is 15.8 Å². The molecule has 6 heteroatoms. The Kier molecular flexibility index (Phi) is 5.15. The van der Waals surface area contributed by atoms with Gasteiger partial charge in [0.2, 0.25) is 5.88 Å². The van der Waals surface area contributed by atoms with Gasteiger partial charge in [-0.1, -0.05) is 15.9 Å². The number of hydrogen-bond donors (Lipinski definition) is 2. The Morgan fingerprint density at radius 1 is 1.27 bits per heavy atom. The summed E-state index contributed by atoms with van der Waals surface area (Å²) in [7, 11) is 0. The number of nitrogens with one attached hydrogen (secondary N) is 1. The van der Waals surface area contributed by atoms with E-state index in [1.807, 2.05) is 38.1 Å². The number of hydrogen-bond acceptors (Lipinski definition) is 4. The normalized spacial score (nSPS) is 11.1. The maximum atomic E-state index is 11.9. The first kappa shape index (κ1) is 16.5. The first-order valence-electron chi connectivity index (χ1n) is 6.80. The van der Waals surface area contributed by atoms with Crippen molar-refractivity contribution in [1.29, 1.82) is 0 Å². The number of halogens is 1. The molecule has 0 aliphatic heterocycles. The fourth-order valence-corrected chi connectivity index (χ4v) is 1.87. The van der Waals surface area contributed by atoms with Gasteiger partial charge >= 0.3 is 0 Å².